The Labute approximate surface area is 219 Å². The minimum Gasteiger partial charge on any atom is -0.462 e. The van der Waals surface area contributed by atoms with Crippen LogP contribution in [0.2, 0.25) is 0 Å². The van der Waals surface area contributed by atoms with E-state index in [2.05, 4.69) is 59.8 Å². The molecule has 4 heteroatoms. The number of aliphatic hydroxyl groups is 2. The molecule has 0 radical (unpaired) electrons. The number of aliphatic hydroxyl groups excluding tert-OH is 1. The Hall–Kier alpha value is -1.39. The predicted molar refractivity (Wildman–Crippen MR) is 145 cm³/mol. The first-order chi connectivity index (χ1) is 16.5. The van der Waals surface area contributed by atoms with Gasteiger partial charge in [0.15, 0.2) is 0 Å². The Bertz CT molecular complexity index is 994. The summed E-state index contributed by atoms with van der Waals surface area (Å²) >= 11 is 0. The summed E-state index contributed by atoms with van der Waals surface area (Å²) in [6, 6.07) is 0. The van der Waals surface area contributed by atoms with Crippen LogP contribution < -0.4 is 0 Å². The molecule has 0 saturated heterocycles. The van der Waals surface area contributed by atoms with Gasteiger partial charge in [-0.1, -0.05) is 65.3 Å². The van der Waals surface area contributed by atoms with E-state index < -0.39 is 11.7 Å². The molecule has 0 heterocycles. The Kier molecular flexibility index (Phi) is 6.78. The average molecular weight is 499 g/mol. The molecule has 202 valence electrons. The van der Waals surface area contributed by atoms with Crippen LogP contribution in [0.3, 0.4) is 0 Å². The number of rotatable bonds is 6. The average Bonchev–Trinajstić information content (AvgIpc) is 3.04. The first-order valence-corrected chi connectivity index (χ1v) is 14.2. The van der Waals surface area contributed by atoms with E-state index in [9.17, 15) is 15.0 Å². The van der Waals surface area contributed by atoms with Crippen LogP contribution >= 0.6 is 0 Å². The van der Waals surface area contributed by atoms with E-state index in [4.69, 9.17) is 4.74 Å². The van der Waals surface area contributed by atoms with Gasteiger partial charge < -0.3 is 14.9 Å². The van der Waals surface area contributed by atoms with Crippen LogP contribution in [0.4, 0.5) is 0 Å². The molecule has 0 aromatic rings. The molecule has 7 atom stereocenters. The topological polar surface area (TPSA) is 66.8 Å². The smallest absolute Gasteiger partial charge is 0.302 e. The molecule has 0 aliphatic heterocycles. The maximum atomic E-state index is 11.8. The lowest BCUT2D eigenvalue weighted by Crippen LogP contribution is -2.50. The zero-order valence-corrected chi connectivity index (χ0v) is 24.2. The molecule has 4 nitrogen and oxygen atoms in total. The molecule has 0 spiro atoms. The fourth-order valence-electron chi connectivity index (χ4n) is 8.73. The lowest BCUT2D eigenvalue weighted by molar-refractivity contribution is -0.154. The highest BCUT2D eigenvalue weighted by Gasteiger charge is 2.62. The van der Waals surface area contributed by atoms with Crippen molar-refractivity contribution in [1.82, 2.24) is 0 Å². The van der Waals surface area contributed by atoms with E-state index in [1.165, 1.54) is 36.5 Å². The van der Waals surface area contributed by atoms with Gasteiger partial charge in [-0.3, -0.25) is 4.79 Å². The van der Waals surface area contributed by atoms with Gasteiger partial charge in [0, 0.05) is 17.8 Å². The largest absolute Gasteiger partial charge is 0.462 e. The third kappa shape index (κ3) is 4.06. The minimum atomic E-state index is -1.05. The van der Waals surface area contributed by atoms with Crippen molar-refractivity contribution in [2.24, 2.45) is 33.5 Å². The van der Waals surface area contributed by atoms with Crippen LogP contribution in [0.15, 0.2) is 34.9 Å². The molecule has 0 amide bonds. The van der Waals surface area contributed by atoms with Crippen LogP contribution in [-0.2, 0) is 9.53 Å². The van der Waals surface area contributed by atoms with Crippen molar-refractivity contribution in [3.8, 4) is 0 Å². The number of hydrogen-bond acceptors (Lipinski definition) is 4. The molecule has 4 aliphatic rings. The SMILES string of the molecule is CC(=O)O[C@H]1CC[C@]2(C)C3=CC[C@@]4(C)[C@H]([C@@H](C)CC[C@H](O)C(C)(C)O)CC[C@]4(C)C3=CC=C2C1(C)C. The van der Waals surface area contributed by atoms with Gasteiger partial charge in [0.2, 0.25) is 0 Å². The van der Waals surface area contributed by atoms with Gasteiger partial charge in [0.05, 0.1) is 11.7 Å². The fraction of sp³-hybridized carbons (Fsp3) is 0.781. The first kappa shape index (κ1) is 27.6. The maximum Gasteiger partial charge on any atom is 0.302 e. The Balaban J connectivity index is 1.64. The van der Waals surface area contributed by atoms with Crippen molar-refractivity contribution < 1.29 is 19.7 Å². The third-order valence-corrected chi connectivity index (χ3v) is 11.4. The van der Waals surface area contributed by atoms with Crippen LogP contribution in [0.25, 0.3) is 0 Å². The van der Waals surface area contributed by atoms with Crippen LogP contribution in [0.5, 0.6) is 0 Å². The first-order valence-electron chi connectivity index (χ1n) is 14.2. The second-order valence-electron chi connectivity index (χ2n) is 14.3. The van der Waals surface area contributed by atoms with E-state index >= 15 is 0 Å². The monoisotopic (exact) mass is 498 g/mol. The van der Waals surface area contributed by atoms with Crippen LogP contribution in [-0.4, -0.2) is 34.0 Å². The Morgan fingerprint density at radius 1 is 1.08 bits per heavy atom. The zero-order chi connectivity index (χ0) is 26.9. The molecular weight excluding hydrogens is 448 g/mol. The summed E-state index contributed by atoms with van der Waals surface area (Å²) in [6.07, 6.45) is 13.5. The van der Waals surface area contributed by atoms with E-state index in [-0.39, 0.29) is 33.7 Å². The third-order valence-electron chi connectivity index (χ3n) is 11.4. The van der Waals surface area contributed by atoms with Gasteiger partial charge in [0.1, 0.15) is 6.10 Å². The highest BCUT2D eigenvalue weighted by Crippen LogP contribution is 2.71. The molecular formula is C32H50O4. The summed E-state index contributed by atoms with van der Waals surface area (Å²) < 4.78 is 5.79. The number of hydrogen-bond donors (Lipinski definition) is 2. The summed E-state index contributed by atoms with van der Waals surface area (Å²) in [5, 5.41) is 20.6. The maximum absolute atomic E-state index is 11.8. The number of fused-ring (bicyclic) bond motifs is 5. The summed E-state index contributed by atoms with van der Waals surface area (Å²) in [4.78, 5) is 11.8. The minimum absolute atomic E-state index is 0.0188. The molecule has 2 N–H and O–H groups in total. The summed E-state index contributed by atoms with van der Waals surface area (Å²) in [6.45, 7) is 19.2. The molecule has 2 fully saturated rings. The molecule has 4 aliphatic carbocycles. The lowest BCUT2D eigenvalue weighted by Gasteiger charge is -2.58. The van der Waals surface area contributed by atoms with Gasteiger partial charge in [0.25, 0.3) is 0 Å². The molecule has 0 unspecified atom stereocenters. The van der Waals surface area contributed by atoms with Crippen molar-refractivity contribution in [3.05, 3.63) is 34.9 Å². The number of carbonyl (C=O) groups excluding carboxylic acids is 1. The second kappa shape index (κ2) is 8.83. The van der Waals surface area contributed by atoms with Gasteiger partial charge in [-0.15, -0.1) is 0 Å². The van der Waals surface area contributed by atoms with Crippen LogP contribution in [0, 0.1) is 33.5 Å². The van der Waals surface area contributed by atoms with Crippen molar-refractivity contribution >= 4 is 5.97 Å². The van der Waals surface area contributed by atoms with Gasteiger partial charge in [-0.05, 0) is 92.6 Å². The van der Waals surface area contributed by atoms with Gasteiger partial charge in [-0.25, -0.2) is 0 Å². The predicted octanol–water partition coefficient (Wildman–Crippen LogP) is 6.91. The number of ether oxygens (including phenoxy) is 1. The Morgan fingerprint density at radius 3 is 2.36 bits per heavy atom. The molecule has 2 saturated carbocycles. The standard InChI is InChI=1S/C32H50O4/c1-20(10-13-26(34)29(5,6)35)22-14-18-32(9)24-11-12-25-28(3,4)27(36-21(2)33)16-17-30(25,7)23(24)15-19-31(22,32)8/h11-12,15,20,22,26-27,34-35H,10,13-14,16-19H2,1-9H3/t20-,22-,26-,27-,30+,31-,32+/m0/s1. The van der Waals surface area contributed by atoms with E-state index in [1.807, 2.05) is 0 Å². The van der Waals surface area contributed by atoms with Crippen LogP contribution in [0.1, 0.15) is 107 Å². The van der Waals surface area contributed by atoms with Gasteiger partial charge >= 0.3 is 5.97 Å². The van der Waals surface area contributed by atoms with E-state index in [1.54, 1.807) is 13.8 Å². The Morgan fingerprint density at radius 2 is 1.75 bits per heavy atom. The van der Waals surface area contributed by atoms with Crippen molar-refractivity contribution in [2.45, 2.75) is 125 Å². The summed E-state index contributed by atoms with van der Waals surface area (Å²) in [7, 11) is 0. The van der Waals surface area contributed by atoms with E-state index in [0.717, 1.165) is 25.7 Å². The van der Waals surface area contributed by atoms with Gasteiger partial charge in [-0.2, -0.15) is 0 Å². The number of carbonyl (C=O) groups is 1. The molecule has 36 heavy (non-hydrogen) atoms. The van der Waals surface area contributed by atoms with Crippen molar-refractivity contribution in [2.75, 3.05) is 0 Å². The fourth-order valence-corrected chi connectivity index (χ4v) is 8.73. The molecule has 4 rings (SSSR count). The van der Waals surface area contributed by atoms with Crippen molar-refractivity contribution in [3.63, 3.8) is 0 Å². The molecule has 0 aromatic heterocycles. The summed E-state index contributed by atoms with van der Waals surface area (Å²) in [5.41, 5.74) is 3.46. The molecule has 0 bridgehead atoms. The second-order valence-corrected chi connectivity index (χ2v) is 14.3. The zero-order valence-electron chi connectivity index (χ0n) is 24.2. The highest BCUT2D eigenvalue weighted by atomic mass is 16.5. The normalized spacial score (nSPS) is 39.0. The highest BCUT2D eigenvalue weighted by molar-refractivity contribution is 5.66. The van der Waals surface area contributed by atoms with E-state index in [0.29, 0.717) is 18.3 Å². The van der Waals surface area contributed by atoms with Crippen molar-refractivity contribution in [1.29, 1.82) is 0 Å². The number of allylic oxidation sites excluding steroid dienone is 5. The summed E-state index contributed by atoms with van der Waals surface area (Å²) in [5.74, 6) is 0.892. The lowest BCUT2D eigenvalue weighted by atomic mass is 9.46. The number of esters is 1. The molecule has 0 aromatic carbocycles. The quantitative estimate of drug-likeness (QED) is 0.390.